The van der Waals surface area contributed by atoms with E-state index in [1.165, 1.54) is 18.2 Å². The Morgan fingerprint density at radius 3 is 2.26 bits per heavy atom. The van der Waals surface area contributed by atoms with Crippen LogP contribution in [-0.4, -0.2) is 21.4 Å². The number of pyridine rings is 1. The van der Waals surface area contributed by atoms with Crippen molar-refractivity contribution in [1.29, 1.82) is 10.5 Å². The molecule has 0 spiro atoms. The third kappa shape index (κ3) is 4.30. The molecular formula is C21H14N6O7. The molecule has 0 bridgehead atoms. The number of ether oxygens (including phenoxy) is 2. The summed E-state index contributed by atoms with van der Waals surface area (Å²) < 4.78 is 11.2. The summed E-state index contributed by atoms with van der Waals surface area (Å²) in [4.78, 5) is 35.2. The van der Waals surface area contributed by atoms with Crippen LogP contribution in [0.1, 0.15) is 18.1 Å². The summed E-state index contributed by atoms with van der Waals surface area (Å²) in [7, 11) is 0. The minimum absolute atomic E-state index is 0.0115. The Morgan fingerprint density at radius 1 is 1.00 bits per heavy atom. The molecule has 0 saturated carbocycles. The number of nitrogens with one attached hydrogen (secondary N) is 1. The number of nitro groups is 2. The molecule has 0 aliphatic rings. The molecule has 0 aliphatic carbocycles. The quantitative estimate of drug-likeness (QED) is 0.386. The van der Waals surface area contributed by atoms with Gasteiger partial charge in [0.25, 0.3) is 11.2 Å². The highest BCUT2D eigenvalue weighted by Crippen LogP contribution is 2.41. The molecule has 3 aromatic rings. The molecule has 0 atom stereocenters. The van der Waals surface area contributed by atoms with E-state index in [4.69, 9.17) is 15.2 Å². The summed E-state index contributed by atoms with van der Waals surface area (Å²) in [6.07, 6.45) is 0. The Hall–Kier alpha value is -5.43. The average Bonchev–Trinajstić information content (AvgIpc) is 2.80. The lowest BCUT2D eigenvalue weighted by Crippen LogP contribution is -2.16. The molecule has 34 heavy (non-hydrogen) atoms. The number of H-pyrrole nitrogens is 1. The molecular weight excluding hydrogens is 448 g/mol. The van der Waals surface area contributed by atoms with Crippen LogP contribution in [0.3, 0.4) is 0 Å². The van der Waals surface area contributed by atoms with Crippen molar-refractivity contribution >= 4 is 17.2 Å². The lowest BCUT2D eigenvalue weighted by atomic mass is 9.96. The number of nitrogen functional groups attached to an aromatic ring is 1. The van der Waals surface area contributed by atoms with Crippen molar-refractivity contribution in [3.05, 3.63) is 78.1 Å². The number of anilines is 1. The van der Waals surface area contributed by atoms with Gasteiger partial charge in [0, 0.05) is 11.6 Å². The molecule has 0 amide bonds. The average molecular weight is 462 g/mol. The van der Waals surface area contributed by atoms with Gasteiger partial charge in [-0.1, -0.05) is 6.07 Å². The van der Waals surface area contributed by atoms with E-state index in [-0.39, 0.29) is 51.9 Å². The third-order valence-electron chi connectivity index (χ3n) is 4.57. The summed E-state index contributed by atoms with van der Waals surface area (Å²) in [5, 5.41) is 41.3. The van der Waals surface area contributed by atoms with Gasteiger partial charge in [-0.15, -0.1) is 0 Å². The molecule has 0 radical (unpaired) electrons. The Balaban J connectivity index is 2.17. The molecule has 3 N–H and O–H groups in total. The van der Waals surface area contributed by atoms with Gasteiger partial charge in [-0.25, -0.2) is 0 Å². The van der Waals surface area contributed by atoms with Crippen LogP contribution in [0.25, 0.3) is 11.1 Å². The van der Waals surface area contributed by atoms with E-state index >= 15 is 0 Å². The number of aromatic nitrogens is 1. The molecule has 2 aromatic carbocycles. The van der Waals surface area contributed by atoms with Gasteiger partial charge in [0.2, 0.25) is 5.75 Å². The van der Waals surface area contributed by atoms with Crippen LogP contribution < -0.4 is 20.8 Å². The predicted molar refractivity (Wildman–Crippen MR) is 117 cm³/mol. The smallest absolute Gasteiger partial charge is 0.318 e. The SMILES string of the molecule is CCOc1cc(-c2c(C#N)c(N)[nH]c(=O)c2C#N)ccc1Oc1ccc([N+](=O)[O-])cc1[N+](=O)[O-]. The first kappa shape index (κ1) is 23.2. The maximum atomic E-state index is 12.2. The number of hydrogen-bond donors (Lipinski definition) is 2. The van der Waals surface area contributed by atoms with E-state index < -0.39 is 26.8 Å². The highest BCUT2D eigenvalue weighted by atomic mass is 16.6. The zero-order chi connectivity index (χ0) is 25.0. The molecule has 0 unspecified atom stereocenters. The zero-order valence-corrected chi connectivity index (χ0v) is 17.4. The minimum atomic E-state index is -0.825. The number of aromatic amines is 1. The molecule has 3 rings (SSSR count). The molecule has 0 saturated heterocycles. The first-order valence-electron chi connectivity index (χ1n) is 9.45. The van der Waals surface area contributed by atoms with E-state index in [1.54, 1.807) is 13.0 Å². The van der Waals surface area contributed by atoms with Crippen LogP contribution in [0.4, 0.5) is 17.2 Å². The van der Waals surface area contributed by atoms with Crippen LogP contribution >= 0.6 is 0 Å². The highest BCUT2D eigenvalue weighted by molar-refractivity contribution is 5.81. The number of nitro benzene ring substituents is 2. The summed E-state index contributed by atoms with van der Waals surface area (Å²) in [5.41, 5.74) is 3.59. The van der Waals surface area contributed by atoms with Crippen molar-refractivity contribution in [3.63, 3.8) is 0 Å². The Bertz CT molecular complexity index is 1470. The van der Waals surface area contributed by atoms with Gasteiger partial charge in [-0.2, -0.15) is 10.5 Å². The normalized spacial score (nSPS) is 10.1. The molecule has 0 aliphatic heterocycles. The second-order valence-corrected chi connectivity index (χ2v) is 6.58. The fourth-order valence-corrected chi connectivity index (χ4v) is 3.11. The van der Waals surface area contributed by atoms with Crippen molar-refractivity contribution in [2.45, 2.75) is 6.92 Å². The van der Waals surface area contributed by atoms with Gasteiger partial charge in [-0.3, -0.25) is 25.0 Å². The lowest BCUT2D eigenvalue weighted by Gasteiger charge is -2.15. The van der Waals surface area contributed by atoms with Crippen LogP contribution in [0.5, 0.6) is 17.2 Å². The Labute approximate surface area is 190 Å². The topological polar surface area (TPSA) is 211 Å². The molecule has 1 heterocycles. The molecule has 1 aromatic heterocycles. The number of hydrogen-bond acceptors (Lipinski definition) is 10. The van der Waals surface area contributed by atoms with Crippen molar-refractivity contribution in [2.75, 3.05) is 12.3 Å². The Kier molecular flexibility index (Phi) is 6.41. The molecule has 13 heteroatoms. The molecule has 170 valence electrons. The van der Waals surface area contributed by atoms with Gasteiger partial charge in [0.15, 0.2) is 11.5 Å². The van der Waals surface area contributed by atoms with E-state index in [1.807, 2.05) is 6.07 Å². The van der Waals surface area contributed by atoms with E-state index in [2.05, 4.69) is 4.98 Å². The highest BCUT2D eigenvalue weighted by Gasteiger charge is 2.24. The number of benzene rings is 2. The fraction of sp³-hybridized carbons (Fsp3) is 0.0952. The van der Waals surface area contributed by atoms with Gasteiger partial charge in [0.05, 0.1) is 22.5 Å². The summed E-state index contributed by atoms with van der Waals surface area (Å²) >= 11 is 0. The number of nitrogens with zero attached hydrogens (tertiary/aromatic N) is 4. The summed E-state index contributed by atoms with van der Waals surface area (Å²) in [5.74, 6) is -0.418. The van der Waals surface area contributed by atoms with Crippen molar-refractivity contribution in [2.24, 2.45) is 0 Å². The van der Waals surface area contributed by atoms with Crippen molar-refractivity contribution in [1.82, 2.24) is 4.98 Å². The fourth-order valence-electron chi connectivity index (χ4n) is 3.11. The Morgan fingerprint density at radius 2 is 1.68 bits per heavy atom. The maximum absolute atomic E-state index is 12.2. The number of non-ortho nitro benzene ring substituents is 1. The van der Waals surface area contributed by atoms with Gasteiger partial charge >= 0.3 is 5.69 Å². The van der Waals surface area contributed by atoms with Crippen molar-refractivity contribution in [3.8, 4) is 40.5 Å². The van der Waals surface area contributed by atoms with Gasteiger partial charge < -0.3 is 20.2 Å². The van der Waals surface area contributed by atoms with Crippen LogP contribution in [0.2, 0.25) is 0 Å². The first-order chi connectivity index (χ1) is 16.2. The monoisotopic (exact) mass is 462 g/mol. The minimum Gasteiger partial charge on any atom is -0.490 e. The molecule has 13 nitrogen and oxygen atoms in total. The van der Waals surface area contributed by atoms with Gasteiger partial charge in [-0.05, 0) is 30.7 Å². The standard InChI is InChI=1S/C21H14N6O7/c1-2-33-18-7-11(19-13(9-22)20(24)25-21(28)14(19)10-23)3-5-17(18)34-16-6-4-12(26(29)30)8-15(16)27(31)32/h3-8H,2H2,1H3,(H3,24,25,28). The summed E-state index contributed by atoms with van der Waals surface area (Å²) in [6.45, 7) is 1.81. The second-order valence-electron chi connectivity index (χ2n) is 6.58. The van der Waals surface area contributed by atoms with Crippen molar-refractivity contribution < 1.29 is 19.3 Å². The number of nitrogens with two attached hydrogens (primary N) is 1. The zero-order valence-electron chi connectivity index (χ0n) is 17.4. The van der Waals surface area contributed by atoms with Gasteiger partial charge in [0.1, 0.15) is 29.1 Å². The largest absolute Gasteiger partial charge is 0.490 e. The van der Waals surface area contributed by atoms with Crippen LogP contribution in [-0.2, 0) is 0 Å². The second kappa shape index (κ2) is 9.37. The van der Waals surface area contributed by atoms with E-state index in [0.717, 1.165) is 18.2 Å². The first-order valence-corrected chi connectivity index (χ1v) is 9.45. The lowest BCUT2D eigenvalue weighted by molar-refractivity contribution is -0.394. The number of rotatable bonds is 7. The van der Waals surface area contributed by atoms with Crippen LogP contribution in [0.15, 0.2) is 41.2 Å². The predicted octanol–water partition coefficient (Wildman–Crippen LogP) is 3.37. The number of nitriles is 2. The third-order valence-corrected chi connectivity index (χ3v) is 4.57. The van der Waals surface area contributed by atoms with E-state index in [9.17, 15) is 35.5 Å². The van der Waals surface area contributed by atoms with E-state index in [0.29, 0.717) is 0 Å². The molecule has 0 fully saturated rings. The maximum Gasteiger partial charge on any atom is 0.318 e. The summed E-state index contributed by atoms with van der Waals surface area (Å²) in [6, 6.07) is 10.6. The van der Waals surface area contributed by atoms with Crippen LogP contribution in [0, 0.1) is 42.9 Å².